The molecule has 0 bridgehead atoms. The second-order valence-corrected chi connectivity index (χ2v) is 5.64. The van der Waals surface area contributed by atoms with Crippen LogP contribution in [0, 0.1) is 0 Å². The van der Waals surface area contributed by atoms with Crippen molar-refractivity contribution >= 4 is 27.5 Å². The topological polar surface area (TPSA) is 41.5 Å². The third kappa shape index (κ3) is 3.66. The van der Waals surface area contributed by atoms with E-state index in [4.69, 9.17) is 16.3 Å². The lowest BCUT2D eigenvalue weighted by molar-refractivity contribution is 0.0268. The first kappa shape index (κ1) is 13.3. The zero-order valence-corrected chi connectivity index (χ0v) is 11.7. The minimum Gasteiger partial charge on any atom is -0.386 e. The molecule has 1 saturated heterocycles. The van der Waals surface area contributed by atoms with Crippen LogP contribution in [0.15, 0.2) is 22.7 Å². The minimum absolute atomic E-state index is 0.421. The van der Waals surface area contributed by atoms with E-state index in [1.807, 2.05) is 18.2 Å². The fourth-order valence-electron chi connectivity index (χ4n) is 1.82. The van der Waals surface area contributed by atoms with Crippen LogP contribution in [0.25, 0.3) is 0 Å². The van der Waals surface area contributed by atoms with Crippen LogP contribution in [0.2, 0.25) is 5.02 Å². The van der Waals surface area contributed by atoms with Crippen LogP contribution in [0.5, 0.6) is 0 Å². The Balaban J connectivity index is 1.83. The van der Waals surface area contributed by atoms with E-state index in [9.17, 15) is 5.11 Å². The lowest BCUT2D eigenvalue weighted by Gasteiger charge is -2.20. The number of hydrogen-bond acceptors (Lipinski definition) is 3. The molecule has 3 nitrogen and oxygen atoms in total. The molecule has 0 saturated carbocycles. The molecule has 2 rings (SSSR count). The molecule has 0 amide bonds. The highest BCUT2D eigenvalue weighted by Gasteiger charge is 2.31. The predicted molar refractivity (Wildman–Crippen MR) is 71.2 cm³/mol. The summed E-state index contributed by atoms with van der Waals surface area (Å²) in [7, 11) is 0. The van der Waals surface area contributed by atoms with Gasteiger partial charge in [0.15, 0.2) is 0 Å². The van der Waals surface area contributed by atoms with Crippen molar-refractivity contribution in [3.05, 3.63) is 33.3 Å². The van der Waals surface area contributed by atoms with Crippen molar-refractivity contribution in [2.24, 2.45) is 0 Å². The zero-order valence-electron chi connectivity index (χ0n) is 9.38. The van der Waals surface area contributed by atoms with Crippen molar-refractivity contribution in [3.8, 4) is 0 Å². The van der Waals surface area contributed by atoms with Gasteiger partial charge in [0.05, 0.1) is 11.6 Å². The van der Waals surface area contributed by atoms with E-state index >= 15 is 0 Å². The van der Waals surface area contributed by atoms with Gasteiger partial charge < -0.3 is 15.2 Å². The summed E-state index contributed by atoms with van der Waals surface area (Å²) in [5.74, 6) is 0. The van der Waals surface area contributed by atoms with E-state index in [2.05, 4.69) is 21.2 Å². The molecule has 1 aliphatic rings. The molecule has 5 heteroatoms. The summed E-state index contributed by atoms with van der Waals surface area (Å²) in [4.78, 5) is 0. The van der Waals surface area contributed by atoms with Gasteiger partial charge in [0.1, 0.15) is 5.60 Å². The Morgan fingerprint density at radius 3 is 3.00 bits per heavy atom. The number of aliphatic hydroxyl groups is 1. The van der Waals surface area contributed by atoms with Gasteiger partial charge in [-0.3, -0.25) is 0 Å². The molecule has 0 aliphatic carbocycles. The predicted octanol–water partition coefficient (Wildman–Crippen LogP) is 2.34. The van der Waals surface area contributed by atoms with E-state index in [1.54, 1.807) is 0 Å². The first-order chi connectivity index (χ1) is 8.09. The third-order valence-electron chi connectivity index (χ3n) is 2.85. The highest BCUT2D eigenvalue weighted by Crippen LogP contribution is 2.23. The molecule has 0 radical (unpaired) electrons. The van der Waals surface area contributed by atoms with Crippen molar-refractivity contribution in [1.29, 1.82) is 0 Å². The second-order valence-electron chi connectivity index (χ2n) is 4.38. The second kappa shape index (κ2) is 5.67. The molecule has 2 N–H and O–H groups in total. The summed E-state index contributed by atoms with van der Waals surface area (Å²) >= 11 is 9.30. The van der Waals surface area contributed by atoms with Crippen LogP contribution in [-0.2, 0) is 11.3 Å². The maximum atomic E-state index is 10.1. The lowest BCUT2D eigenvalue weighted by Crippen LogP contribution is -2.40. The largest absolute Gasteiger partial charge is 0.386 e. The summed E-state index contributed by atoms with van der Waals surface area (Å²) < 4.78 is 6.07. The maximum Gasteiger partial charge on any atom is 0.102 e. The average Bonchev–Trinajstić information content (AvgIpc) is 2.71. The van der Waals surface area contributed by atoms with Crippen LogP contribution >= 0.6 is 27.5 Å². The van der Waals surface area contributed by atoms with Crippen molar-refractivity contribution in [1.82, 2.24) is 5.32 Å². The molecule has 1 unspecified atom stereocenters. The summed E-state index contributed by atoms with van der Waals surface area (Å²) in [5, 5.41) is 14.0. The van der Waals surface area contributed by atoms with Gasteiger partial charge in [-0.15, -0.1) is 0 Å². The molecule has 94 valence electrons. The van der Waals surface area contributed by atoms with E-state index in [0.717, 1.165) is 10.0 Å². The van der Waals surface area contributed by atoms with Crippen molar-refractivity contribution in [3.63, 3.8) is 0 Å². The fraction of sp³-hybridized carbons (Fsp3) is 0.500. The van der Waals surface area contributed by atoms with Gasteiger partial charge in [-0.1, -0.05) is 17.7 Å². The smallest absolute Gasteiger partial charge is 0.102 e. The van der Waals surface area contributed by atoms with E-state index < -0.39 is 5.60 Å². The summed E-state index contributed by atoms with van der Waals surface area (Å²) in [5.41, 5.74) is 0.424. The number of rotatable bonds is 4. The average molecular weight is 321 g/mol. The molecule has 1 aromatic rings. The zero-order chi connectivity index (χ0) is 12.3. The Morgan fingerprint density at radius 2 is 2.35 bits per heavy atom. The van der Waals surface area contributed by atoms with Crippen molar-refractivity contribution in [2.75, 3.05) is 19.8 Å². The van der Waals surface area contributed by atoms with Gasteiger partial charge in [0, 0.05) is 30.6 Å². The van der Waals surface area contributed by atoms with Crippen LogP contribution in [0.3, 0.4) is 0 Å². The van der Waals surface area contributed by atoms with Crippen LogP contribution in [0.4, 0.5) is 0 Å². The quantitative estimate of drug-likeness (QED) is 0.895. The molecule has 1 heterocycles. The number of halogens is 2. The van der Waals surface area contributed by atoms with Crippen LogP contribution < -0.4 is 5.32 Å². The lowest BCUT2D eigenvalue weighted by atomic mass is 10.0. The van der Waals surface area contributed by atoms with Crippen LogP contribution in [0.1, 0.15) is 12.0 Å². The van der Waals surface area contributed by atoms with Gasteiger partial charge in [-0.05, 0) is 33.6 Å². The monoisotopic (exact) mass is 319 g/mol. The molecular formula is C12H15BrClNO2. The third-order valence-corrected chi connectivity index (χ3v) is 4.06. The van der Waals surface area contributed by atoms with Gasteiger partial charge in [-0.25, -0.2) is 0 Å². The van der Waals surface area contributed by atoms with Crippen molar-refractivity contribution < 1.29 is 9.84 Å². The highest BCUT2D eigenvalue weighted by atomic mass is 79.9. The van der Waals surface area contributed by atoms with Crippen molar-refractivity contribution in [2.45, 2.75) is 18.6 Å². The van der Waals surface area contributed by atoms with Crippen LogP contribution in [-0.4, -0.2) is 30.5 Å². The molecule has 0 aromatic heterocycles. The molecule has 1 atom stereocenters. The molecule has 1 fully saturated rings. The maximum absolute atomic E-state index is 10.1. The molecule has 1 aliphatic heterocycles. The Labute approximate surface area is 114 Å². The summed E-state index contributed by atoms with van der Waals surface area (Å²) in [6.07, 6.45) is 0.699. The van der Waals surface area contributed by atoms with Gasteiger partial charge >= 0.3 is 0 Å². The Kier molecular flexibility index (Phi) is 4.44. The standard InChI is InChI=1S/C12H15BrClNO2/c13-10-5-9(1-2-11(10)14)6-15-7-12(16)3-4-17-8-12/h1-2,5,15-16H,3-4,6-8H2. The van der Waals surface area contributed by atoms with E-state index in [-0.39, 0.29) is 0 Å². The number of nitrogens with one attached hydrogen (secondary N) is 1. The normalized spacial score (nSPS) is 24.2. The summed E-state index contributed by atoms with van der Waals surface area (Å²) in [6, 6.07) is 5.80. The first-order valence-electron chi connectivity index (χ1n) is 5.54. The van der Waals surface area contributed by atoms with Gasteiger partial charge in [-0.2, -0.15) is 0 Å². The Hall–Kier alpha value is -0.130. The highest BCUT2D eigenvalue weighted by molar-refractivity contribution is 9.10. The first-order valence-corrected chi connectivity index (χ1v) is 6.71. The fourth-order valence-corrected chi connectivity index (χ4v) is 2.37. The molecule has 17 heavy (non-hydrogen) atoms. The molecular weight excluding hydrogens is 305 g/mol. The number of hydrogen-bond donors (Lipinski definition) is 2. The van der Waals surface area contributed by atoms with Gasteiger partial charge in [0.2, 0.25) is 0 Å². The number of benzene rings is 1. The summed E-state index contributed by atoms with van der Waals surface area (Å²) in [6.45, 7) is 2.32. The molecule has 1 aromatic carbocycles. The SMILES string of the molecule is OC1(CNCc2ccc(Cl)c(Br)c2)CCOC1. The number of ether oxygens (including phenoxy) is 1. The minimum atomic E-state index is -0.705. The molecule has 0 spiro atoms. The Morgan fingerprint density at radius 1 is 1.53 bits per heavy atom. The van der Waals surface area contributed by atoms with E-state index in [1.165, 1.54) is 0 Å². The Bertz CT molecular complexity index is 394. The van der Waals surface area contributed by atoms with Gasteiger partial charge in [0.25, 0.3) is 0 Å². The van der Waals surface area contributed by atoms with E-state index in [0.29, 0.717) is 37.7 Å².